The van der Waals surface area contributed by atoms with Gasteiger partial charge in [0.1, 0.15) is 5.75 Å². The first-order chi connectivity index (χ1) is 6.75. The third-order valence-corrected chi connectivity index (χ3v) is 2.46. The smallest absolute Gasteiger partial charge is 0.120 e. The van der Waals surface area contributed by atoms with Gasteiger partial charge < -0.3 is 10.1 Å². The first-order valence-corrected chi connectivity index (χ1v) is 5.26. The molecule has 0 amide bonds. The van der Waals surface area contributed by atoms with Crippen molar-refractivity contribution in [3.8, 4) is 5.75 Å². The van der Waals surface area contributed by atoms with E-state index >= 15 is 0 Å². The van der Waals surface area contributed by atoms with E-state index in [4.69, 9.17) is 4.74 Å². The van der Waals surface area contributed by atoms with Crippen molar-refractivity contribution in [2.75, 3.05) is 6.54 Å². The monoisotopic (exact) mass is 191 g/mol. The summed E-state index contributed by atoms with van der Waals surface area (Å²) >= 11 is 0. The van der Waals surface area contributed by atoms with Crippen molar-refractivity contribution in [1.29, 1.82) is 0 Å². The van der Waals surface area contributed by atoms with Crippen LogP contribution in [0.3, 0.4) is 0 Å². The average molecular weight is 191 g/mol. The Morgan fingerprint density at radius 3 is 2.79 bits per heavy atom. The summed E-state index contributed by atoms with van der Waals surface area (Å²) in [6.07, 6.45) is 1.49. The van der Waals surface area contributed by atoms with Crippen LogP contribution in [0.25, 0.3) is 0 Å². The minimum absolute atomic E-state index is 0.250. The molecule has 2 rings (SSSR count). The van der Waals surface area contributed by atoms with E-state index in [1.54, 1.807) is 0 Å². The summed E-state index contributed by atoms with van der Waals surface area (Å²) in [7, 11) is 0. The van der Waals surface area contributed by atoms with Crippen LogP contribution in [0.15, 0.2) is 24.3 Å². The maximum Gasteiger partial charge on any atom is 0.120 e. The highest BCUT2D eigenvalue weighted by molar-refractivity contribution is 5.31. The molecule has 0 aromatic heterocycles. The number of rotatable bonds is 3. The van der Waals surface area contributed by atoms with Crippen LogP contribution in [0.4, 0.5) is 0 Å². The molecule has 1 aliphatic heterocycles. The van der Waals surface area contributed by atoms with E-state index in [9.17, 15) is 0 Å². The minimum Gasteiger partial charge on any atom is -0.491 e. The zero-order chi connectivity index (χ0) is 9.97. The predicted molar refractivity (Wildman–Crippen MR) is 57.6 cm³/mol. The normalized spacial score (nSPS) is 20.6. The summed E-state index contributed by atoms with van der Waals surface area (Å²) < 4.78 is 5.65. The quantitative estimate of drug-likeness (QED) is 0.792. The fraction of sp³-hybridized carbons (Fsp3) is 0.500. The highest BCUT2D eigenvalue weighted by atomic mass is 16.5. The molecule has 0 unspecified atom stereocenters. The highest BCUT2D eigenvalue weighted by Crippen LogP contribution is 2.26. The maximum atomic E-state index is 5.65. The summed E-state index contributed by atoms with van der Waals surface area (Å²) in [5, 5.41) is 3.39. The average Bonchev–Trinajstić information content (AvgIpc) is 1.99. The van der Waals surface area contributed by atoms with E-state index in [1.165, 1.54) is 12.0 Å². The first kappa shape index (κ1) is 9.53. The van der Waals surface area contributed by atoms with E-state index in [0.717, 1.165) is 12.3 Å². The van der Waals surface area contributed by atoms with E-state index in [0.29, 0.717) is 6.04 Å². The highest BCUT2D eigenvalue weighted by Gasteiger charge is 2.18. The van der Waals surface area contributed by atoms with E-state index in [1.807, 2.05) is 19.9 Å². The Bertz CT molecular complexity index is 305. The van der Waals surface area contributed by atoms with E-state index < -0.39 is 0 Å². The molecule has 1 N–H and O–H groups in total. The molecule has 76 valence electrons. The van der Waals surface area contributed by atoms with Gasteiger partial charge >= 0.3 is 0 Å². The fourth-order valence-corrected chi connectivity index (χ4v) is 1.65. The molecule has 1 atom stereocenters. The SMILES string of the molecule is CC(C)Oc1cccc([C@@H]2CCN2)c1. The summed E-state index contributed by atoms with van der Waals surface area (Å²) in [6, 6.07) is 8.92. The topological polar surface area (TPSA) is 21.3 Å². The van der Waals surface area contributed by atoms with Crippen molar-refractivity contribution >= 4 is 0 Å². The van der Waals surface area contributed by atoms with Gasteiger partial charge in [-0.2, -0.15) is 0 Å². The molecule has 1 saturated heterocycles. The molecule has 2 heteroatoms. The predicted octanol–water partition coefficient (Wildman–Crippen LogP) is 2.51. The zero-order valence-electron chi connectivity index (χ0n) is 8.79. The molecule has 2 nitrogen and oxygen atoms in total. The van der Waals surface area contributed by atoms with Crippen molar-refractivity contribution in [1.82, 2.24) is 5.32 Å². The van der Waals surface area contributed by atoms with Crippen LogP contribution in [-0.2, 0) is 0 Å². The number of hydrogen-bond donors (Lipinski definition) is 1. The van der Waals surface area contributed by atoms with Gasteiger partial charge in [0.2, 0.25) is 0 Å². The molecule has 1 fully saturated rings. The number of hydrogen-bond acceptors (Lipinski definition) is 2. The standard InChI is InChI=1S/C12H17NO/c1-9(2)14-11-5-3-4-10(8-11)12-6-7-13-12/h3-5,8-9,12-13H,6-7H2,1-2H3/t12-/m0/s1. The van der Waals surface area contributed by atoms with Crippen molar-refractivity contribution in [2.45, 2.75) is 32.4 Å². The lowest BCUT2D eigenvalue weighted by molar-refractivity contribution is 0.241. The maximum absolute atomic E-state index is 5.65. The van der Waals surface area contributed by atoms with Gasteiger partial charge in [-0.15, -0.1) is 0 Å². The number of ether oxygens (including phenoxy) is 1. The Morgan fingerprint density at radius 2 is 2.21 bits per heavy atom. The molecule has 1 aliphatic rings. The third kappa shape index (κ3) is 2.07. The molecule has 0 saturated carbocycles. The van der Waals surface area contributed by atoms with Gasteiger partial charge in [0.25, 0.3) is 0 Å². The van der Waals surface area contributed by atoms with Crippen LogP contribution in [0, 0.1) is 0 Å². The number of benzene rings is 1. The summed E-state index contributed by atoms with van der Waals surface area (Å²) in [5.74, 6) is 0.978. The Hall–Kier alpha value is -1.02. The molecule has 0 aliphatic carbocycles. The molecule has 0 spiro atoms. The Labute approximate surface area is 85.3 Å². The van der Waals surface area contributed by atoms with Crippen molar-refractivity contribution < 1.29 is 4.74 Å². The second-order valence-electron chi connectivity index (χ2n) is 4.03. The molecule has 0 bridgehead atoms. The van der Waals surface area contributed by atoms with Crippen LogP contribution in [0.5, 0.6) is 5.75 Å². The van der Waals surface area contributed by atoms with Gasteiger partial charge in [0.05, 0.1) is 6.10 Å². The Kier molecular flexibility index (Phi) is 2.73. The Balaban J connectivity index is 2.09. The van der Waals surface area contributed by atoms with Gasteiger partial charge in [0.15, 0.2) is 0 Å². The van der Waals surface area contributed by atoms with Crippen LogP contribution in [0.1, 0.15) is 31.9 Å². The molecule has 0 radical (unpaired) electrons. The largest absolute Gasteiger partial charge is 0.491 e. The first-order valence-electron chi connectivity index (χ1n) is 5.26. The molecule has 1 aromatic rings. The molecule has 14 heavy (non-hydrogen) atoms. The van der Waals surface area contributed by atoms with Gasteiger partial charge in [-0.05, 0) is 44.5 Å². The van der Waals surface area contributed by atoms with Gasteiger partial charge in [-0.25, -0.2) is 0 Å². The lowest BCUT2D eigenvalue weighted by Crippen LogP contribution is -2.34. The van der Waals surface area contributed by atoms with Crippen molar-refractivity contribution in [3.63, 3.8) is 0 Å². The lowest BCUT2D eigenvalue weighted by atomic mass is 9.98. The van der Waals surface area contributed by atoms with E-state index in [-0.39, 0.29) is 6.10 Å². The van der Waals surface area contributed by atoms with Crippen LogP contribution >= 0.6 is 0 Å². The van der Waals surface area contributed by atoms with E-state index in [2.05, 4.69) is 23.5 Å². The second kappa shape index (κ2) is 4.01. The Morgan fingerprint density at radius 1 is 1.43 bits per heavy atom. The molecular formula is C12H17NO. The molecule has 1 aromatic carbocycles. The van der Waals surface area contributed by atoms with Gasteiger partial charge in [-0.3, -0.25) is 0 Å². The number of nitrogens with one attached hydrogen (secondary N) is 1. The summed E-state index contributed by atoms with van der Waals surface area (Å²) in [4.78, 5) is 0. The molecular weight excluding hydrogens is 174 g/mol. The minimum atomic E-state index is 0.250. The lowest BCUT2D eigenvalue weighted by Gasteiger charge is -2.28. The third-order valence-electron chi connectivity index (χ3n) is 2.46. The molecule has 1 heterocycles. The van der Waals surface area contributed by atoms with Crippen LogP contribution in [0.2, 0.25) is 0 Å². The zero-order valence-corrected chi connectivity index (χ0v) is 8.79. The summed E-state index contributed by atoms with van der Waals surface area (Å²) in [6.45, 7) is 5.24. The summed E-state index contributed by atoms with van der Waals surface area (Å²) in [5.41, 5.74) is 1.34. The van der Waals surface area contributed by atoms with Gasteiger partial charge in [-0.1, -0.05) is 12.1 Å². The van der Waals surface area contributed by atoms with Crippen molar-refractivity contribution in [2.24, 2.45) is 0 Å². The fourth-order valence-electron chi connectivity index (χ4n) is 1.65. The second-order valence-corrected chi connectivity index (χ2v) is 4.03. The van der Waals surface area contributed by atoms with Crippen LogP contribution in [-0.4, -0.2) is 12.6 Å². The van der Waals surface area contributed by atoms with Crippen molar-refractivity contribution in [3.05, 3.63) is 29.8 Å². The van der Waals surface area contributed by atoms with Crippen LogP contribution < -0.4 is 10.1 Å². The van der Waals surface area contributed by atoms with Gasteiger partial charge in [0, 0.05) is 6.04 Å².